The van der Waals surface area contributed by atoms with E-state index in [1.807, 2.05) is 11.6 Å². The number of nitrogens with one attached hydrogen (secondary N) is 2. The topological polar surface area (TPSA) is 70.7 Å². The second-order valence-corrected chi connectivity index (χ2v) is 5.27. The Morgan fingerprint density at radius 2 is 2.47 bits per heavy atom. The predicted octanol–water partition coefficient (Wildman–Crippen LogP) is 1.57. The number of thiazole rings is 1. The molecule has 2 N–H and O–H groups in total. The number of H-pyrrole nitrogens is 1. The standard InChI is InChI=1S/C10H12N4OS2/c15-8-1-2-12-10(14-8)13-3-5-16-7-9-11-4-6-17-9/h1-2,4,6H,3,5,7H2,(H2,12,13,14,15). The van der Waals surface area contributed by atoms with E-state index in [2.05, 4.69) is 20.3 Å². The SMILES string of the molecule is O=c1cc[nH]c(NCCSCc2nccs2)n1. The summed E-state index contributed by atoms with van der Waals surface area (Å²) in [7, 11) is 0. The summed E-state index contributed by atoms with van der Waals surface area (Å²) in [5, 5.41) is 6.18. The lowest BCUT2D eigenvalue weighted by Gasteiger charge is -2.03. The van der Waals surface area contributed by atoms with Gasteiger partial charge in [0, 0.05) is 41.9 Å². The molecule has 0 spiro atoms. The Hall–Kier alpha value is -1.34. The fourth-order valence-electron chi connectivity index (χ4n) is 1.19. The van der Waals surface area contributed by atoms with Gasteiger partial charge in [-0.3, -0.25) is 4.79 Å². The Balaban J connectivity index is 1.65. The minimum atomic E-state index is -0.235. The number of nitrogens with zero attached hydrogens (tertiary/aromatic N) is 2. The summed E-state index contributed by atoms with van der Waals surface area (Å²) in [5.74, 6) is 2.39. The van der Waals surface area contributed by atoms with Crippen molar-refractivity contribution in [3.05, 3.63) is 39.2 Å². The zero-order valence-electron chi connectivity index (χ0n) is 9.05. The molecule has 0 amide bonds. The third-order valence-electron chi connectivity index (χ3n) is 1.92. The van der Waals surface area contributed by atoms with Gasteiger partial charge >= 0.3 is 0 Å². The maximum Gasteiger partial charge on any atom is 0.274 e. The summed E-state index contributed by atoms with van der Waals surface area (Å²) in [5.41, 5.74) is -0.235. The van der Waals surface area contributed by atoms with E-state index in [4.69, 9.17) is 0 Å². The first-order valence-corrected chi connectivity index (χ1v) is 7.14. The largest absolute Gasteiger partial charge is 0.355 e. The van der Waals surface area contributed by atoms with Crippen molar-refractivity contribution in [1.29, 1.82) is 0 Å². The molecule has 2 rings (SSSR count). The van der Waals surface area contributed by atoms with E-state index in [-0.39, 0.29) is 5.56 Å². The van der Waals surface area contributed by atoms with Gasteiger partial charge < -0.3 is 10.3 Å². The third-order valence-corrected chi connectivity index (χ3v) is 3.85. The lowest BCUT2D eigenvalue weighted by molar-refractivity contribution is 1.06. The van der Waals surface area contributed by atoms with Crippen molar-refractivity contribution >= 4 is 29.0 Å². The highest BCUT2D eigenvalue weighted by Gasteiger charge is 1.97. The van der Waals surface area contributed by atoms with Crippen LogP contribution in [0.3, 0.4) is 0 Å². The Bertz CT molecular complexity index is 497. The predicted molar refractivity (Wildman–Crippen MR) is 71.6 cm³/mol. The van der Waals surface area contributed by atoms with Crippen molar-refractivity contribution < 1.29 is 0 Å². The maximum absolute atomic E-state index is 11.0. The average Bonchev–Trinajstić information content (AvgIpc) is 2.82. The molecule has 0 fully saturated rings. The molecule has 2 heterocycles. The number of anilines is 1. The molecule has 0 radical (unpaired) electrons. The van der Waals surface area contributed by atoms with E-state index in [1.54, 1.807) is 29.3 Å². The van der Waals surface area contributed by atoms with Crippen molar-refractivity contribution in [2.45, 2.75) is 5.75 Å². The highest BCUT2D eigenvalue weighted by atomic mass is 32.2. The van der Waals surface area contributed by atoms with E-state index in [0.29, 0.717) is 5.95 Å². The van der Waals surface area contributed by atoms with Crippen molar-refractivity contribution in [3.63, 3.8) is 0 Å². The fourth-order valence-corrected chi connectivity index (χ4v) is 2.75. The molecule has 0 aliphatic rings. The second kappa shape index (κ2) is 6.41. The van der Waals surface area contributed by atoms with Gasteiger partial charge in [-0.15, -0.1) is 11.3 Å². The van der Waals surface area contributed by atoms with Crippen molar-refractivity contribution in [2.24, 2.45) is 0 Å². The molecule has 17 heavy (non-hydrogen) atoms. The van der Waals surface area contributed by atoms with Crippen molar-refractivity contribution in [1.82, 2.24) is 15.0 Å². The second-order valence-electron chi connectivity index (χ2n) is 3.18. The Morgan fingerprint density at radius 1 is 1.53 bits per heavy atom. The third kappa shape index (κ3) is 4.20. The first-order chi connectivity index (χ1) is 8.34. The van der Waals surface area contributed by atoms with E-state index in [0.717, 1.165) is 23.1 Å². The maximum atomic E-state index is 11.0. The van der Waals surface area contributed by atoms with Crippen LogP contribution in [0.25, 0.3) is 0 Å². The van der Waals surface area contributed by atoms with Gasteiger partial charge in [-0.2, -0.15) is 16.7 Å². The van der Waals surface area contributed by atoms with Crippen LogP contribution < -0.4 is 10.9 Å². The first-order valence-electron chi connectivity index (χ1n) is 5.10. The highest BCUT2D eigenvalue weighted by Crippen LogP contribution is 2.13. The van der Waals surface area contributed by atoms with Gasteiger partial charge in [0.1, 0.15) is 5.01 Å². The smallest absolute Gasteiger partial charge is 0.274 e. The van der Waals surface area contributed by atoms with Crippen LogP contribution in [0, 0.1) is 0 Å². The zero-order valence-corrected chi connectivity index (χ0v) is 10.7. The Labute approximate surface area is 107 Å². The number of hydrogen-bond donors (Lipinski definition) is 2. The summed E-state index contributed by atoms with van der Waals surface area (Å²) in [6.45, 7) is 0.767. The Kier molecular flexibility index (Phi) is 4.57. The van der Waals surface area contributed by atoms with Crippen LogP contribution in [-0.4, -0.2) is 27.2 Å². The van der Waals surface area contributed by atoms with Crippen LogP contribution in [-0.2, 0) is 5.75 Å². The van der Waals surface area contributed by atoms with Gasteiger partial charge in [0.05, 0.1) is 0 Å². The van der Waals surface area contributed by atoms with Crippen molar-refractivity contribution in [2.75, 3.05) is 17.6 Å². The molecule has 0 saturated heterocycles. The number of thioether (sulfide) groups is 1. The molecule has 7 heteroatoms. The van der Waals surface area contributed by atoms with Crippen LogP contribution in [0.4, 0.5) is 5.95 Å². The molecule has 90 valence electrons. The average molecular weight is 268 g/mol. The van der Waals surface area contributed by atoms with E-state index in [1.165, 1.54) is 6.07 Å². The summed E-state index contributed by atoms with van der Waals surface area (Å²) in [4.78, 5) is 21.8. The minimum absolute atomic E-state index is 0.235. The van der Waals surface area contributed by atoms with Crippen LogP contribution in [0.2, 0.25) is 0 Å². The van der Waals surface area contributed by atoms with E-state index < -0.39 is 0 Å². The van der Waals surface area contributed by atoms with Crippen LogP contribution in [0.5, 0.6) is 0 Å². The van der Waals surface area contributed by atoms with Crippen LogP contribution in [0.1, 0.15) is 5.01 Å². The van der Waals surface area contributed by atoms with Gasteiger partial charge in [-0.25, -0.2) is 4.98 Å². The first kappa shape index (κ1) is 12.1. The van der Waals surface area contributed by atoms with Crippen molar-refractivity contribution in [3.8, 4) is 0 Å². The number of aromatic amines is 1. The molecule has 2 aromatic heterocycles. The number of aromatic nitrogens is 3. The summed E-state index contributed by atoms with van der Waals surface area (Å²) >= 11 is 3.47. The highest BCUT2D eigenvalue weighted by molar-refractivity contribution is 7.98. The molecule has 0 aliphatic carbocycles. The summed E-state index contributed by atoms with van der Waals surface area (Å²) < 4.78 is 0. The van der Waals surface area contributed by atoms with Crippen LogP contribution in [0.15, 0.2) is 28.6 Å². The van der Waals surface area contributed by atoms with Gasteiger partial charge in [0.15, 0.2) is 0 Å². The molecule has 0 atom stereocenters. The molecule has 5 nitrogen and oxygen atoms in total. The molecule has 2 aromatic rings. The normalized spacial score (nSPS) is 10.4. The molecule has 0 bridgehead atoms. The van der Waals surface area contributed by atoms with Gasteiger partial charge in [0.25, 0.3) is 5.56 Å². The molecule has 0 aromatic carbocycles. The summed E-state index contributed by atoms with van der Waals surface area (Å²) in [6.07, 6.45) is 3.40. The monoisotopic (exact) mass is 268 g/mol. The minimum Gasteiger partial charge on any atom is -0.355 e. The molecule has 0 unspecified atom stereocenters. The lowest BCUT2D eigenvalue weighted by atomic mass is 10.6. The number of rotatable bonds is 6. The quantitative estimate of drug-likeness (QED) is 0.778. The summed E-state index contributed by atoms with van der Waals surface area (Å²) in [6, 6.07) is 1.39. The van der Waals surface area contributed by atoms with Gasteiger partial charge in [-0.05, 0) is 0 Å². The number of hydrogen-bond acceptors (Lipinski definition) is 6. The molecular formula is C10H12N4OS2. The molecule has 0 aliphatic heterocycles. The van der Waals surface area contributed by atoms with Crippen LogP contribution >= 0.6 is 23.1 Å². The zero-order chi connectivity index (χ0) is 11.9. The van der Waals surface area contributed by atoms with E-state index in [9.17, 15) is 4.79 Å². The fraction of sp³-hybridized carbons (Fsp3) is 0.300. The Morgan fingerprint density at radius 3 is 3.24 bits per heavy atom. The molecule has 0 saturated carbocycles. The molecular weight excluding hydrogens is 256 g/mol. The lowest BCUT2D eigenvalue weighted by Crippen LogP contribution is -2.13. The van der Waals surface area contributed by atoms with E-state index >= 15 is 0 Å². The van der Waals surface area contributed by atoms with Gasteiger partial charge in [0.2, 0.25) is 5.95 Å². The van der Waals surface area contributed by atoms with Gasteiger partial charge in [-0.1, -0.05) is 0 Å².